The van der Waals surface area contributed by atoms with Crippen LogP contribution >= 0.6 is 0 Å². The van der Waals surface area contributed by atoms with Gasteiger partial charge in [-0.25, -0.2) is 0 Å². The van der Waals surface area contributed by atoms with Gasteiger partial charge in [-0.3, -0.25) is 4.79 Å². The Balaban J connectivity index is 1.87. The lowest BCUT2D eigenvalue weighted by Gasteiger charge is -2.31. The third-order valence-electron chi connectivity index (χ3n) is 5.19. The van der Waals surface area contributed by atoms with Crippen LogP contribution in [0.15, 0.2) is 91.0 Å². The quantitative estimate of drug-likeness (QED) is 0.429. The van der Waals surface area contributed by atoms with Crippen molar-refractivity contribution in [2.45, 2.75) is 32.7 Å². The number of likely N-dealkylation sites (N-methyl/N-ethyl adjacent to an activating group) is 1. The largest absolute Gasteiger partial charge is 0.328 e. The third-order valence-corrected chi connectivity index (χ3v) is 5.19. The average molecular weight is 384 g/mol. The van der Waals surface area contributed by atoms with E-state index < -0.39 is 0 Å². The first-order valence-corrected chi connectivity index (χ1v) is 10.3. The van der Waals surface area contributed by atoms with Crippen LogP contribution in [0.25, 0.3) is 6.08 Å². The SMILES string of the molecule is CCN(C(=O)/C=C/c1ccc(C(C)C)cc1)C(c1ccccc1)c1ccccc1. The number of hydrogen-bond donors (Lipinski definition) is 0. The van der Waals surface area contributed by atoms with Gasteiger partial charge < -0.3 is 4.90 Å². The predicted molar refractivity (Wildman–Crippen MR) is 122 cm³/mol. The molecule has 0 aliphatic heterocycles. The summed E-state index contributed by atoms with van der Waals surface area (Å²) in [6.07, 6.45) is 3.59. The van der Waals surface area contributed by atoms with Crippen molar-refractivity contribution in [2.24, 2.45) is 0 Å². The molecular weight excluding hydrogens is 354 g/mol. The molecular formula is C27H29NO. The van der Waals surface area contributed by atoms with Gasteiger partial charge in [-0.15, -0.1) is 0 Å². The molecule has 0 atom stereocenters. The first-order valence-electron chi connectivity index (χ1n) is 10.3. The fourth-order valence-corrected chi connectivity index (χ4v) is 3.54. The molecule has 3 aromatic carbocycles. The number of benzene rings is 3. The maximum Gasteiger partial charge on any atom is 0.247 e. The summed E-state index contributed by atoms with van der Waals surface area (Å²) in [4.78, 5) is 15.1. The highest BCUT2D eigenvalue weighted by Crippen LogP contribution is 2.29. The molecule has 0 aromatic heterocycles. The van der Waals surface area contributed by atoms with E-state index in [9.17, 15) is 4.79 Å². The van der Waals surface area contributed by atoms with E-state index in [0.29, 0.717) is 12.5 Å². The second kappa shape index (κ2) is 9.88. The van der Waals surface area contributed by atoms with Crippen LogP contribution in [0.5, 0.6) is 0 Å². The zero-order valence-electron chi connectivity index (χ0n) is 17.5. The second-order valence-corrected chi connectivity index (χ2v) is 7.50. The van der Waals surface area contributed by atoms with Crippen LogP contribution in [-0.4, -0.2) is 17.4 Å². The van der Waals surface area contributed by atoms with Crippen molar-refractivity contribution in [2.75, 3.05) is 6.54 Å². The van der Waals surface area contributed by atoms with Gasteiger partial charge in [0.2, 0.25) is 5.91 Å². The normalized spacial score (nSPS) is 11.3. The molecule has 0 radical (unpaired) electrons. The molecule has 0 bridgehead atoms. The van der Waals surface area contributed by atoms with Crippen LogP contribution in [0.1, 0.15) is 55.0 Å². The van der Waals surface area contributed by atoms with Gasteiger partial charge >= 0.3 is 0 Å². The Bertz CT molecular complexity index is 888. The first-order chi connectivity index (χ1) is 14.1. The molecule has 29 heavy (non-hydrogen) atoms. The van der Waals surface area contributed by atoms with E-state index in [1.165, 1.54) is 5.56 Å². The monoisotopic (exact) mass is 383 g/mol. The average Bonchev–Trinajstić information content (AvgIpc) is 2.77. The van der Waals surface area contributed by atoms with E-state index in [-0.39, 0.29) is 11.9 Å². The number of hydrogen-bond acceptors (Lipinski definition) is 1. The van der Waals surface area contributed by atoms with Crippen molar-refractivity contribution in [1.82, 2.24) is 4.90 Å². The van der Waals surface area contributed by atoms with E-state index in [2.05, 4.69) is 62.4 Å². The van der Waals surface area contributed by atoms with Gasteiger partial charge in [0.15, 0.2) is 0 Å². The van der Waals surface area contributed by atoms with Crippen LogP contribution in [-0.2, 0) is 4.79 Å². The standard InChI is InChI=1S/C27H29NO/c1-4-28(26(29)20-17-22-15-18-23(19-16-22)21(2)3)27(24-11-7-5-8-12-24)25-13-9-6-10-14-25/h5-21,27H,4H2,1-3H3/b20-17+. The van der Waals surface area contributed by atoms with Crippen molar-refractivity contribution >= 4 is 12.0 Å². The maximum atomic E-state index is 13.1. The number of amides is 1. The predicted octanol–water partition coefficient (Wildman–Crippen LogP) is 6.46. The molecule has 148 valence electrons. The van der Waals surface area contributed by atoms with Crippen LogP contribution in [0.2, 0.25) is 0 Å². The van der Waals surface area contributed by atoms with Gasteiger partial charge in [0, 0.05) is 12.6 Å². The summed E-state index contributed by atoms with van der Waals surface area (Å²) in [5, 5.41) is 0. The van der Waals surface area contributed by atoms with Crippen molar-refractivity contribution < 1.29 is 4.79 Å². The zero-order valence-corrected chi connectivity index (χ0v) is 17.5. The van der Waals surface area contributed by atoms with E-state index in [1.807, 2.05) is 54.3 Å². The van der Waals surface area contributed by atoms with Gasteiger partial charge in [0.25, 0.3) is 0 Å². The highest BCUT2D eigenvalue weighted by Gasteiger charge is 2.24. The zero-order chi connectivity index (χ0) is 20.6. The van der Waals surface area contributed by atoms with Crippen LogP contribution in [0.3, 0.4) is 0 Å². The minimum absolute atomic E-state index is 0.0122. The minimum Gasteiger partial charge on any atom is -0.328 e. The highest BCUT2D eigenvalue weighted by molar-refractivity contribution is 5.92. The first kappa shape index (κ1) is 20.6. The molecule has 3 rings (SSSR count). The molecule has 0 heterocycles. The van der Waals surface area contributed by atoms with Gasteiger partial charge in [-0.2, -0.15) is 0 Å². The minimum atomic E-state index is -0.108. The Hall–Kier alpha value is -3.13. The van der Waals surface area contributed by atoms with E-state index in [4.69, 9.17) is 0 Å². The molecule has 0 saturated carbocycles. The number of rotatable bonds is 7. The van der Waals surface area contributed by atoms with Crippen LogP contribution in [0.4, 0.5) is 0 Å². The summed E-state index contributed by atoms with van der Waals surface area (Å²) in [5.74, 6) is 0.515. The fourth-order valence-electron chi connectivity index (χ4n) is 3.54. The Kier molecular flexibility index (Phi) is 7.02. The van der Waals surface area contributed by atoms with E-state index in [0.717, 1.165) is 16.7 Å². The molecule has 0 N–H and O–H groups in total. The van der Waals surface area contributed by atoms with Gasteiger partial charge in [0.1, 0.15) is 0 Å². The number of nitrogens with zero attached hydrogens (tertiary/aromatic N) is 1. The molecule has 2 heteroatoms. The van der Waals surface area contributed by atoms with Crippen molar-refractivity contribution in [3.8, 4) is 0 Å². The van der Waals surface area contributed by atoms with Crippen molar-refractivity contribution in [3.63, 3.8) is 0 Å². The summed E-state index contributed by atoms with van der Waals surface area (Å²) < 4.78 is 0. The second-order valence-electron chi connectivity index (χ2n) is 7.50. The van der Waals surface area contributed by atoms with Crippen molar-refractivity contribution in [3.05, 3.63) is 113 Å². The molecule has 1 amide bonds. The topological polar surface area (TPSA) is 20.3 Å². The molecule has 0 aliphatic carbocycles. The Labute approximate surface area is 174 Å². The molecule has 2 nitrogen and oxygen atoms in total. The molecule has 0 aliphatic rings. The van der Waals surface area contributed by atoms with E-state index in [1.54, 1.807) is 6.08 Å². The van der Waals surface area contributed by atoms with Crippen LogP contribution in [0, 0.1) is 0 Å². The van der Waals surface area contributed by atoms with Crippen LogP contribution < -0.4 is 0 Å². The van der Waals surface area contributed by atoms with Gasteiger partial charge in [-0.05, 0) is 41.2 Å². The Morgan fingerprint density at radius 1 is 0.793 bits per heavy atom. The summed E-state index contributed by atoms with van der Waals surface area (Å²) in [5.41, 5.74) is 4.57. The number of carbonyl (C=O) groups is 1. The highest BCUT2D eigenvalue weighted by atomic mass is 16.2. The number of carbonyl (C=O) groups excluding carboxylic acids is 1. The fraction of sp³-hybridized carbons (Fsp3) is 0.222. The smallest absolute Gasteiger partial charge is 0.247 e. The Morgan fingerprint density at radius 3 is 1.76 bits per heavy atom. The summed E-state index contributed by atoms with van der Waals surface area (Å²) in [6.45, 7) is 7.02. The lowest BCUT2D eigenvalue weighted by atomic mass is 9.97. The summed E-state index contributed by atoms with van der Waals surface area (Å²) in [7, 11) is 0. The molecule has 0 fully saturated rings. The third kappa shape index (κ3) is 5.23. The lowest BCUT2D eigenvalue weighted by Crippen LogP contribution is -2.34. The van der Waals surface area contributed by atoms with E-state index >= 15 is 0 Å². The van der Waals surface area contributed by atoms with Crippen molar-refractivity contribution in [1.29, 1.82) is 0 Å². The lowest BCUT2D eigenvalue weighted by molar-refractivity contribution is -0.127. The summed E-state index contributed by atoms with van der Waals surface area (Å²) in [6, 6.07) is 28.7. The Morgan fingerprint density at radius 2 is 1.31 bits per heavy atom. The molecule has 0 saturated heterocycles. The molecule has 0 unspecified atom stereocenters. The molecule has 0 spiro atoms. The summed E-state index contributed by atoms with van der Waals surface area (Å²) >= 11 is 0. The van der Waals surface area contributed by atoms with Gasteiger partial charge in [0.05, 0.1) is 6.04 Å². The molecule has 3 aromatic rings. The maximum absolute atomic E-state index is 13.1. The van der Waals surface area contributed by atoms with Gasteiger partial charge in [-0.1, -0.05) is 98.8 Å².